The number of hydrogen-bond donors (Lipinski definition) is 1. The molecule has 86 valence electrons. The predicted octanol–water partition coefficient (Wildman–Crippen LogP) is 1.25. The molecule has 16 heavy (non-hydrogen) atoms. The Morgan fingerprint density at radius 2 is 2.25 bits per heavy atom. The number of H-pyrrole nitrogens is 1. The van der Waals surface area contributed by atoms with Crippen molar-refractivity contribution in [1.82, 2.24) is 9.88 Å². The zero-order valence-corrected chi connectivity index (χ0v) is 9.56. The molecule has 2 unspecified atom stereocenters. The summed E-state index contributed by atoms with van der Waals surface area (Å²) < 4.78 is 0. The molecule has 4 heteroatoms. The predicted molar refractivity (Wildman–Crippen MR) is 61.3 cm³/mol. The Morgan fingerprint density at radius 3 is 2.81 bits per heavy atom. The molecule has 1 aromatic rings. The molecule has 1 fully saturated rings. The van der Waals surface area contributed by atoms with Gasteiger partial charge in [-0.25, -0.2) is 0 Å². The SMILES string of the molecule is CC1CC(C)N(C(=O)c2cc[nH]c(=O)c2)C1. The van der Waals surface area contributed by atoms with E-state index in [2.05, 4.69) is 18.8 Å². The van der Waals surface area contributed by atoms with Gasteiger partial charge in [0, 0.05) is 30.4 Å². The van der Waals surface area contributed by atoms with Gasteiger partial charge in [-0.1, -0.05) is 6.92 Å². The fraction of sp³-hybridized carbons (Fsp3) is 0.500. The molecule has 1 aliphatic heterocycles. The van der Waals surface area contributed by atoms with Crippen LogP contribution >= 0.6 is 0 Å². The first-order valence-electron chi connectivity index (χ1n) is 5.57. The maximum atomic E-state index is 12.1. The molecule has 0 spiro atoms. The van der Waals surface area contributed by atoms with Crippen molar-refractivity contribution in [2.24, 2.45) is 5.92 Å². The fourth-order valence-electron chi connectivity index (χ4n) is 2.33. The number of amides is 1. The third kappa shape index (κ3) is 2.01. The number of carbonyl (C=O) groups excluding carboxylic acids is 1. The molecule has 2 rings (SSSR count). The number of aromatic amines is 1. The van der Waals surface area contributed by atoms with Gasteiger partial charge in [0.05, 0.1) is 0 Å². The second-order valence-electron chi connectivity index (χ2n) is 4.59. The highest BCUT2D eigenvalue weighted by Crippen LogP contribution is 2.23. The van der Waals surface area contributed by atoms with E-state index in [0.717, 1.165) is 13.0 Å². The quantitative estimate of drug-likeness (QED) is 0.774. The van der Waals surface area contributed by atoms with Crippen LogP contribution in [0.3, 0.4) is 0 Å². The molecule has 1 amide bonds. The van der Waals surface area contributed by atoms with Crippen LogP contribution in [0.4, 0.5) is 0 Å². The standard InChI is InChI=1S/C12H16N2O2/c1-8-5-9(2)14(7-8)12(16)10-3-4-13-11(15)6-10/h3-4,6,8-9H,5,7H2,1-2H3,(H,13,15). The second-order valence-corrected chi connectivity index (χ2v) is 4.59. The van der Waals surface area contributed by atoms with Crippen molar-refractivity contribution >= 4 is 5.91 Å². The summed E-state index contributed by atoms with van der Waals surface area (Å²) in [5, 5.41) is 0. The number of nitrogens with one attached hydrogen (secondary N) is 1. The van der Waals surface area contributed by atoms with Crippen molar-refractivity contribution in [3.05, 3.63) is 34.2 Å². The highest BCUT2D eigenvalue weighted by atomic mass is 16.2. The van der Waals surface area contributed by atoms with Crippen LogP contribution < -0.4 is 5.56 Å². The molecular weight excluding hydrogens is 204 g/mol. The average molecular weight is 220 g/mol. The van der Waals surface area contributed by atoms with Crippen LogP contribution in [0.5, 0.6) is 0 Å². The summed E-state index contributed by atoms with van der Waals surface area (Å²) >= 11 is 0. The molecule has 1 N–H and O–H groups in total. The number of aromatic nitrogens is 1. The number of pyridine rings is 1. The zero-order valence-electron chi connectivity index (χ0n) is 9.56. The minimum atomic E-state index is -0.231. The lowest BCUT2D eigenvalue weighted by molar-refractivity contribution is 0.0743. The summed E-state index contributed by atoms with van der Waals surface area (Å²) in [5.74, 6) is 0.504. The lowest BCUT2D eigenvalue weighted by atomic mass is 10.1. The summed E-state index contributed by atoms with van der Waals surface area (Å²) in [7, 11) is 0. The Bertz CT molecular complexity index is 452. The van der Waals surface area contributed by atoms with E-state index in [-0.39, 0.29) is 17.5 Å². The van der Waals surface area contributed by atoms with Gasteiger partial charge in [0.2, 0.25) is 5.56 Å². The van der Waals surface area contributed by atoms with Gasteiger partial charge in [-0.15, -0.1) is 0 Å². The van der Waals surface area contributed by atoms with Crippen molar-refractivity contribution in [3.8, 4) is 0 Å². The highest BCUT2D eigenvalue weighted by Gasteiger charge is 2.30. The molecule has 1 saturated heterocycles. The van der Waals surface area contributed by atoms with Crippen LogP contribution in [0.2, 0.25) is 0 Å². The van der Waals surface area contributed by atoms with Crippen molar-refractivity contribution in [1.29, 1.82) is 0 Å². The largest absolute Gasteiger partial charge is 0.336 e. The van der Waals surface area contributed by atoms with Crippen LogP contribution in [0.15, 0.2) is 23.1 Å². The van der Waals surface area contributed by atoms with E-state index in [0.29, 0.717) is 11.5 Å². The van der Waals surface area contributed by atoms with Crippen LogP contribution in [0.1, 0.15) is 30.6 Å². The van der Waals surface area contributed by atoms with E-state index in [4.69, 9.17) is 0 Å². The smallest absolute Gasteiger partial charge is 0.254 e. The molecule has 0 saturated carbocycles. The van der Waals surface area contributed by atoms with Crippen LogP contribution in [-0.2, 0) is 0 Å². The van der Waals surface area contributed by atoms with Crippen LogP contribution in [-0.4, -0.2) is 28.4 Å². The van der Waals surface area contributed by atoms with Crippen LogP contribution in [0.25, 0.3) is 0 Å². The van der Waals surface area contributed by atoms with E-state index >= 15 is 0 Å². The second kappa shape index (κ2) is 4.12. The summed E-state index contributed by atoms with van der Waals surface area (Å²) in [6, 6.07) is 3.28. The number of carbonyl (C=O) groups is 1. The van der Waals surface area contributed by atoms with Crippen molar-refractivity contribution < 1.29 is 4.79 Å². The maximum absolute atomic E-state index is 12.1. The molecule has 0 aliphatic carbocycles. The lowest BCUT2D eigenvalue weighted by Crippen LogP contribution is -2.34. The van der Waals surface area contributed by atoms with Gasteiger partial charge in [0.1, 0.15) is 0 Å². The van der Waals surface area contributed by atoms with Gasteiger partial charge in [-0.3, -0.25) is 9.59 Å². The Morgan fingerprint density at radius 1 is 1.50 bits per heavy atom. The normalized spacial score (nSPS) is 24.8. The van der Waals surface area contributed by atoms with Gasteiger partial charge in [-0.2, -0.15) is 0 Å². The van der Waals surface area contributed by atoms with Gasteiger partial charge in [0.15, 0.2) is 0 Å². The van der Waals surface area contributed by atoms with E-state index in [1.807, 2.05) is 4.90 Å². The topological polar surface area (TPSA) is 53.2 Å². The molecule has 2 atom stereocenters. The molecule has 0 aromatic carbocycles. The monoisotopic (exact) mass is 220 g/mol. The summed E-state index contributed by atoms with van der Waals surface area (Å²) in [6.07, 6.45) is 2.55. The molecule has 1 aromatic heterocycles. The molecular formula is C12H16N2O2. The van der Waals surface area contributed by atoms with Crippen molar-refractivity contribution in [2.75, 3.05) is 6.54 Å². The van der Waals surface area contributed by atoms with E-state index < -0.39 is 0 Å². The molecule has 4 nitrogen and oxygen atoms in total. The number of hydrogen-bond acceptors (Lipinski definition) is 2. The number of nitrogens with zero attached hydrogens (tertiary/aromatic N) is 1. The Hall–Kier alpha value is -1.58. The minimum absolute atomic E-state index is 0.0389. The Kier molecular flexibility index (Phi) is 2.81. The lowest BCUT2D eigenvalue weighted by Gasteiger charge is -2.21. The first-order valence-corrected chi connectivity index (χ1v) is 5.57. The molecule has 2 heterocycles. The van der Waals surface area contributed by atoms with E-state index in [1.54, 1.807) is 6.07 Å². The molecule has 0 bridgehead atoms. The summed E-state index contributed by atoms with van der Waals surface area (Å²) in [5.41, 5.74) is 0.246. The summed E-state index contributed by atoms with van der Waals surface area (Å²) in [6.45, 7) is 4.98. The number of likely N-dealkylation sites (tertiary alicyclic amines) is 1. The fourth-order valence-corrected chi connectivity index (χ4v) is 2.33. The summed E-state index contributed by atoms with van der Waals surface area (Å²) in [4.78, 5) is 27.6. The highest BCUT2D eigenvalue weighted by molar-refractivity contribution is 5.94. The van der Waals surface area contributed by atoms with Gasteiger partial charge in [0.25, 0.3) is 5.91 Å². The van der Waals surface area contributed by atoms with E-state index in [9.17, 15) is 9.59 Å². The first-order chi connectivity index (χ1) is 7.58. The van der Waals surface area contributed by atoms with Gasteiger partial charge in [-0.05, 0) is 25.3 Å². The van der Waals surface area contributed by atoms with Crippen molar-refractivity contribution in [3.63, 3.8) is 0 Å². The van der Waals surface area contributed by atoms with Gasteiger partial charge < -0.3 is 9.88 Å². The van der Waals surface area contributed by atoms with Gasteiger partial charge >= 0.3 is 0 Å². The van der Waals surface area contributed by atoms with Crippen molar-refractivity contribution in [2.45, 2.75) is 26.3 Å². The van der Waals surface area contributed by atoms with E-state index in [1.165, 1.54) is 12.3 Å². The average Bonchev–Trinajstić information content (AvgIpc) is 2.57. The molecule has 1 aliphatic rings. The third-order valence-corrected chi connectivity index (χ3v) is 3.07. The third-order valence-electron chi connectivity index (χ3n) is 3.07. The number of rotatable bonds is 1. The maximum Gasteiger partial charge on any atom is 0.254 e. The van der Waals surface area contributed by atoms with Crippen LogP contribution in [0, 0.1) is 5.92 Å². The Balaban J connectivity index is 2.23. The Labute approximate surface area is 94.3 Å². The minimum Gasteiger partial charge on any atom is -0.336 e. The zero-order chi connectivity index (χ0) is 11.7. The first kappa shape index (κ1) is 10.9. The molecule has 0 radical (unpaired) electrons.